The SMILES string of the molecule is C=C(C)CC1CN(Cc2ccc(-c3cccc(C)c3)cc2)CO1. The fraction of sp³-hybridized carbons (Fsp3) is 0.333. The van der Waals surface area contributed by atoms with Crippen LogP contribution in [-0.4, -0.2) is 24.3 Å². The lowest BCUT2D eigenvalue weighted by Crippen LogP contribution is -2.21. The lowest BCUT2D eigenvalue weighted by atomic mass is 10.0. The Morgan fingerprint density at radius 2 is 1.96 bits per heavy atom. The molecule has 0 aromatic heterocycles. The standard InChI is InChI=1S/C21H25NO/c1-16(2)11-21-14-22(15-23-21)13-18-7-9-19(10-8-18)20-6-4-5-17(3)12-20/h4-10,12,21H,1,11,13-15H2,2-3H3. The Bertz CT molecular complexity index is 674. The molecule has 3 rings (SSSR count). The molecular weight excluding hydrogens is 282 g/mol. The average Bonchev–Trinajstić information content (AvgIpc) is 2.94. The first-order valence-electron chi connectivity index (χ1n) is 8.24. The topological polar surface area (TPSA) is 12.5 Å². The Hall–Kier alpha value is -1.90. The first-order valence-corrected chi connectivity index (χ1v) is 8.24. The Labute approximate surface area is 139 Å². The Morgan fingerprint density at radius 1 is 1.17 bits per heavy atom. The van der Waals surface area contributed by atoms with Gasteiger partial charge in [0.15, 0.2) is 0 Å². The zero-order chi connectivity index (χ0) is 16.2. The van der Waals surface area contributed by atoms with Crippen LogP contribution in [0.3, 0.4) is 0 Å². The number of benzene rings is 2. The summed E-state index contributed by atoms with van der Waals surface area (Å²) in [7, 11) is 0. The van der Waals surface area contributed by atoms with Gasteiger partial charge >= 0.3 is 0 Å². The lowest BCUT2D eigenvalue weighted by Gasteiger charge is -2.14. The molecule has 0 amide bonds. The lowest BCUT2D eigenvalue weighted by molar-refractivity contribution is 0.0882. The second kappa shape index (κ2) is 7.12. The van der Waals surface area contributed by atoms with Gasteiger partial charge in [0.1, 0.15) is 0 Å². The molecule has 0 bridgehead atoms. The molecule has 1 heterocycles. The van der Waals surface area contributed by atoms with E-state index in [0.29, 0.717) is 6.10 Å². The quantitative estimate of drug-likeness (QED) is 0.737. The van der Waals surface area contributed by atoms with Gasteiger partial charge in [-0.1, -0.05) is 59.7 Å². The molecule has 0 saturated carbocycles. The van der Waals surface area contributed by atoms with Crippen molar-refractivity contribution >= 4 is 0 Å². The molecule has 23 heavy (non-hydrogen) atoms. The molecule has 0 spiro atoms. The number of rotatable bonds is 5. The van der Waals surface area contributed by atoms with Crippen LogP contribution in [0.15, 0.2) is 60.7 Å². The van der Waals surface area contributed by atoms with Crippen LogP contribution in [0.1, 0.15) is 24.5 Å². The molecule has 2 heteroatoms. The van der Waals surface area contributed by atoms with Crippen molar-refractivity contribution in [2.75, 3.05) is 13.3 Å². The van der Waals surface area contributed by atoms with E-state index in [1.54, 1.807) is 0 Å². The van der Waals surface area contributed by atoms with E-state index in [1.165, 1.54) is 27.8 Å². The van der Waals surface area contributed by atoms with Crippen LogP contribution < -0.4 is 0 Å². The predicted molar refractivity (Wildman–Crippen MR) is 96.2 cm³/mol. The summed E-state index contributed by atoms with van der Waals surface area (Å²) in [6, 6.07) is 17.5. The van der Waals surface area contributed by atoms with Gasteiger partial charge in [-0.3, -0.25) is 4.90 Å². The molecule has 1 atom stereocenters. The van der Waals surface area contributed by atoms with E-state index in [0.717, 1.165) is 26.2 Å². The van der Waals surface area contributed by atoms with Crippen molar-refractivity contribution in [3.63, 3.8) is 0 Å². The molecule has 1 aliphatic heterocycles. The third-order valence-electron chi connectivity index (χ3n) is 4.24. The van der Waals surface area contributed by atoms with E-state index < -0.39 is 0 Å². The van der Waals surface area contributed by atoms with Crippen molar-refractivity contribution < 1.29 is 4.74 Å². The molecule has 0 N–H and O–H groups in total. The fourth-order valence-electron chi connectivity index (χ4n) is 3.11. The molecule has 120 valence electrons. The Morgan fingerprint density at radius 3 is 2.65 bits per heavy atom. The van der Waals surface area contributed by atoms with E-state index in [2.05, 4.69) is 73.9 Å². The Balaban J connectivity index is 1.61. The number of aryl methyl sites for hydroxylation is 1. The fourth-order valence-corrected chi connectivity index (χ4v) is 3.11. The molecule has 1 unspecified atom stereocenters. The van der Waals surface area contributed by atoms with Gasteiger partial charge in [-0.05, 0) is 37.0 Å². The molecule has 2 aromatic carbocycles. The summed E-state index contributed by atoms with van der Waals surface area (Å²) in [5.74, 6) is 0. The summed E-state index contributed by atoms with van der Waals surface area (Å²) in [6.45, 7) is 10.8. The first kappa shape index (κ1) is 16.0. The minimum atomic E-state index is 0.305. The highest BCUT2D eigenvalue weighted by molar-refractivity contribution is 5.64. The summed E-state index contributed by atoms with van der Waals surface area (Å²) in [5, 5.41) is 0. The molecule has 1 aliphatic rings. The first-order chi connectivity index (χ1) is 11.1. The zero-order valence-corrected chi connectivity index (χ0v) is 14.1. The number of nitrogens with zero attached hydrogens (tertiary/aromatic N) is 1. The minimum absolute atomic E-state index is 0.305. The summed E-state index contributed by atoms with van der Waals surface area (Å²) in [5.41, 5.74) is 6.38. The average molecular weight is 307 g/mol. The van der Waals surface area contributed by atoms with Crippen molar-refractivity contribution in [3.05, 3.63) is 71.8 Å². The smallest absolute Gasteiger partial charge is 0.0998 e. The summed E-state index contributed by atoms with van der Waals surface area (Å²) in [4.78, 5) is 2.36. The highest BCUT2D eigenvalue weighted by Crippen LogP contribution is 2.22. The third kappa shape index (κ3) is 4.31. The summed E-state index contributed by atoms with van der Waals surface area (Å²) < 4.78 is 5.82. The largest absolute Gasteiger partial charge is 0.361 e. The molecule has 1 saturated heterocycles. The van der Waals surface area contributed by atoms with Gasteiger partial charge in [-0.15, -0.1) is 6.58 Å². The molecule has 1 fully saturated rings. The second-order valence-electron chi connectivity index (χ2n) is 6.66. The summed E-state index contributed by atoms with van der Waals surface area (Å²) in [6.07, 6.45) is 1.27. The molecule has 0 radical (unpaired) electrons. The van der Waals surface area contributed by atoms with Crippen LogP contribution in [0.2, 0.25) is 0 Å². The maximum absolute atomic E-state index is 5.82. The number of hydrogen-bond acceptors (Lipinski definition) is 2. The van der Waals surface area contributed by atoms with Crippen LogP contribution >= 0.6 is 0 Å². The van der Waals surface area contributed by atoms with Crippen molar-refractivity contribution in [1.29, 1.82) is 0 Å². The second-order valence-corrected chi connectivity index (χ2v) is 6.66. The zero-order valence-electron chi connectivity index (χ0n) is 14.1. The third-order valence-corrected chi connectivity index (χ3v) is 4.24. The molecule has 2 nitrogen and oxygen atoms in total. The number of ether oxygens (including phenoxy) is 1. The molecular formula is C21H25NO. The van der Waals surface area contributed by atoms with E-state index in [9.17, 15) is 0 Å². The van der Waals surface area contributed by atoms with E-state index in [4.69, 9.17) is 4.74 Å². The summed E-state index contributed by atoms with van der Waals surface area (Å²) >= 11 is 0. The monoisotopic (exact) mass is 307 g/mol. The van der Waals surface area contributed by atoms with E-state index in [1.807, 2.05) is 0 Å². The number of hydrogen-bond donors (Lipinski definition) is 0. The van der Waals surface area contributed by atoms with Crippen molar-refractivity contribution in [2.45, 2.75) is 32.9 Å². The van der Waals surface area contributed by atoms with Gasteiger partial charge in [0.25, 0.3) is 0 Å². The molecule has 0 aliphatic carbocycles. The minimum Gasteiger partial charge on any atom is -0.361 e. The highest BCUT2D eigenvalue weighted by atomic mass is 16.5. The maximum atomic E-state index is 5.82. The van der Waals surface area contributed by atoms with Gasteiger partial charge in [-0.25, -0.2) is 0 Å². The van der Waals surface area contributed by atoms with Crippen LogP contribution in [0.5, 0.6) is 0 Å². The van der Waals surface area contributed by atoms with Crippen LogP contribution in [0.4, 0.5) is 0 Å². The van der Waals surface area contributed by atoms with E-state index in [-0.39, 0.29) is 0 Å². The van der Waals surface area contributed by atoms with E-state index >= 15 is 0 Å². The van der Waals surface area contributed by atoms with Crippen LogP contribution in [0.25, 0.3) is 11.1 Å². The molecule has 2 aromatic rings. The maximum Gasteiger partial charge on any atom is 0.0998 e. The van der Waals surface area contributed by atoms with Crippen molar-refractivity contribution in [1.82, 2.24) is 4.90 Å². The van der Waals surface area contributed by atoms with Gasteiger partial charge in [-0.2, -0.15) is 0 Å². The van der Waals surface area contributed by atoms with Gasteiger partial charge in [0.2, 0.25) is 0 Å². The van der Waals surface area contributed by atoms with Gasteiger partial charge < -0.3 is 4.74 Å². The van der Waals surface area contributed by atoms with Crippen molar-refractivity contribution in [3.8, 4) is 11.1 Å². The van der Waals surface area contributed by atoms with Crippen molar-refractivity contribution in [2.24, 2.45) is 0 Å². The normalized spacial score (nSPS) is 18.3. The Kier molecular flexibility index (Phi) is 4.94. The van der Waals surface area contributed by atoms with Crippen LogP contribution in [0, 0.1) is 6.92 Å². The van der Waals surface area contributed by atoms with Gasteiger partial charge in [0, 0.05) is 13.1 Å². The highest BCUT2D eigenvalue weighted by Gasteiger charge is 2.22. The van der Waals surface area contributed by atoms with Gasteiger partial charge in [0.05, 0.1) is 12.8 Å². The predicted octanol–water partition coefficient (Wildman–Crippen LogP) is 4.79. The van der Waals surface area contributed by atoms with Crippen LogP contribution in [-0.2, 0) is 11.3 Å².